The molecule has 1 aromatic heterocycles. The summed E-state index contributed by atoms with van der Waals surface area (Å²) in [5.74, 6) is 0.771. The number of hydrogen-bond donors (Lipinski definition) is 1. The number of likely N-dealkylation sites (tertiary alicyclic amines) is 1. The summed E-state index contributed by atoms with van der Waals surface area (Å²) in [6, 6.07) is 3.56. The van der Waals surface area contributed by atoms with E-state index in [0.29, 0.717) is 18.0 Å². The van der Waals surface area contributed by atoms with E-state index in [1.54, 1.807) is 18.3 Å². The average molecular weight is 270 g/mol. The number of aromatic nitrogens is 1. The van der Waals surface area contributed by atoms with Gasteiger partial charge in [0.15, 0.2) is 0 Å². The first-order valence-electron chi connectivity index (χ1n) is 6.19. The fourth-order valence-electron chi connectivity index (χ4n) is 2.26. The van der Waals surface area contributed by atoms with Crippen molar-refractivity contribution in [2.45, 2.75) is 26.3 Å². The highest BCUT2D eigenvalue weighted by molar-refractivity contribution is 5.94. The highest BCUT2D eigenvalue weighted by Crippen LogP contribution is 2.21. The zero-order valence-corrected chi connectivity index (χ0v) is 11.4. The SMILES string of the molecule is CCC1CCN(C(=O)c2ccnc(CN)c2)C1.Cl. The molecule has 100 valence electrons. The highest BCUT2D eigenvalue weighted by atomic mass is 35.5. The molecule has 4 nitrogen and oxygen atoms in total. The van der Waals surface area contributed by atoms with E-state index in [0.717, 1.165) is 31.6 Å². The molecule has 1 aliphatic heterocycles. The second-order valence-corrected chi connectivity index (χ2v) is 4.55. The first-order valence-corrected chi connectivity index (χ1v) is 6.19. The molecule has 2 heterocycles. The molecular weight excluding hydrogens is 250 g/mol. The molecule has 1 unspecified atom stereocenters. The van der Waals surface area contributed by atoms with Crippen LogP contribution in [-0.2, 0) is 6.54 Å². The predicted molar refractivity (Wildman–Crippen MR) is 73.7 cm³/mol. The fourth-order valence-corrected chi connectivity index (χ4v) is 2.26. The van der Waals surface area contributed by atoms with Gasteiger partial charge in [0.25, 0.3) is 5.91 Å². The molecule has 5 heteroatoms. The lowest BCUT2D eigenvalue weighted by molar-refractivity contribution is 0.0786. The van der Waals surface area contributed by atoms with Crippen molar-refractivity contribution in [3.05, 3.63) is 29.6 Å². The van der Waals surface area contributed by atoms with Gasteiger partial charge in [-0.25, -0.2) is 0 Å². The van der Waals surface area contributed by atoms with Gasteiger partial charge in [-0.3, -0.25) is 9.78 Å². The first kappa shape index (κ1) is 14.9. The smallest absolute Gasteiger partial charge is 0.253 e. The number of nitrogens with two attached hydrogens (primary N) is 1. The maximum atomic E-state index is 12.2. The Hall–Kier alpha value is -1.13. The second kappa shape index (κ2) is 6.71. The largest absolute Gasteiger partial charge is 0.338 e. The predicted octanol–water partition coefficient (Wildman–Crippen LogP) is 1.83. The maximum Gasteiger partial charge on any atom is 0.253 e. The molecule has 0 spiro atoms. The van der Waals surface area contributed by atoms with E-state index >= 15 is 0 Å². The van der Waals surface area contributed by atoms with Gasteiger partial charge in [0.2, 0.25) is 0 Å². The van der Waals surface area contributed by atoms with Crippen LogP contribution in [0.1, 0.15) is 35.8 Å². The van der Waals surface area contributed by atoms with E-state index in [1.807, 2.05) is 4.90 Å². The van der Waals surface area contributed by atoms with Gasteiger partial charge in [-0.2, -0.15) is 0 Å². The Morgan fingerprint density at radius 3 is 3.00 bits per heavy atom. The lowest BCUT2D eigenvalue weighted by Crippen LogP contribution is -2.28. The number of nitrogens with zero attached hydrogens (tertiary/aromatic N) is 2. The van der Waals surface area contributed by atoms with Gasteiger partial charge in [0.1, 0.15) is 0 Å². The number of rotatable bonds is 3. The van der Waals surface area contributed by atoms with Crippen LogP contribution in [0.2, 0.25) is 0 Å². The van der Waals surface area contributed by atoms with Crippen molar-refractivity contribution in [2.24, 2.45) is 11.7 Å². The molecule has 2 N–H and O–H groups in total. The van der Waals surface area contributed by atoms with Crippen molar-refractivity contribution < 1.29 is 4.79 Å². The molecule has 0 aliphatic carbocycles. The third kappa shape index (κ3) is 3.21. The summed E-state index contributed by atoms with van der Waals surface area (Å²) >= 11 is 0. The zero-order valence-electron chi connectivity index (χ0n) is 10.6. The lowest BCUT2D eigenvalue weighted by atomic mass is 10.1. The Balaban J connectivity index is 0.00000162. The molecular formula is C13H20ClN3O. The molecule has 1 aliphatic rings. The van der Waals surface area contributed by atoms with E-state index in [-0.39, 0.29) is 18.3 Å². The molecule has 1 saturated heterocycles. The van der Waals surface area contributed by atoms with Crippen LogP contribution in [-0.4, -0.2) is 28.9 Å². The number of amides is 1. The normalized spacial score (nSPS) is 18.6. The van der Waals surface area contributed by atoms with Crippen LogP contribution in [0, 0.1) is 5.92 Å². The molecule has 1 amide bonds. The quantitative estimate of drug-likeness (QED) is 0.911. The van der Waals surface area contributed by atoms with E-state index < -0.39 is 0 Å². The zero-order chi connectivity index (χ0) is 12.3. The average Bonchev–Trinajstić information content (AvgIpc) is 2.86. The van der Waals surface area contributed by atoms with E-state index in [1.165, 1.54) is 0 Å². The van der Waals surface area contributed by atoms with Gasteiger partial charge in [0.05, 0.1) is 5.69 Å². The van der Waals surface area contributed by atoms with E-state index in [4.69, 9.17) is 5.73 Å². The molecule has 0 bridgehead atoms. The van der Waals surface area contributed by atoms with Gasteiger partial charge in [-0.1, -0.05) is 13.3 Å². The Labute approximate surface area is 114 Å². The molecule has 0 aromatic carbocycles. The first-order chi connectivity index (χ1) is 8.24. The summed E-state index contributed by atoms with van der Waals surface area (Å²) in [5.41, 5.74) is 7.00. The summed E-state index contributed by atoms with van der Waals surface area (Å²) in [4.78, 5) is 18.3. The number of carbonyl (C=O) groups is 1. The molecule has 0 radical (unpaired) electrons. The Morgan fingerprint density at radius 1 is 1.61 bits per heavy atom. The molecule has 1 fully saturated rings. The Bertz CT molecular complexity index is 411. The minimum atomic E-state index is 0. The third-order valence-corrected chi connectivity index (χ3v) is 3.42. The van der Waals surface area contributed by atoms with Crippen LogP contribution in [0.4, 0.5) is 0 Å². The topological polar surface area (TPSA) is 59.2 Å². The van der Waals surface area contributed by atoms with Gasteiger partial charge in [0, 0.05) is 31.4 Å². The number of carbonyl (C=O) groups excluding carboxylic acids is 1. The van der Waals surface area contributed by atoms with Crippen LogP contribution < -0.4 is 5.73 Å². The van der Waals surface area contributed by atoms with Crippen LogP contribution in [0.15, 0.2) is 18.3 Å². The molecule has 1 atom stereocenters. The fraction of sp³-hybridized carbons (Fsp3) is 0.538. The Kier molecular flexibility index (Phi) is 5.56. The van der Waals surface area contributed by atoms with Crippen molar-refractivity contribution >= 4 is 18.3 Å². The van der Waals surface area contributed by atoms with Gasteiger partial charge >= 0.3 is 0 Å². The summed E-state index contributed by atoms with van der Waals surface area (Å²) in [6.45, 7) is 4.31. The van der Waals surface area contributed by atoms with Crippen molar-refractivity contribution in [3.8, 4) is 0 Å². The molecule has 0 saturated carbocycles. The summed E-state index contributed by atoms with van der Waals surface area (Å²) in [5, 5.41) is 0. The molecule has 2 rings (SSSR count). The summed E-state index contributed by atoms with van der Waals surface area (Å²) in [7, 11) is 0. The maximum absolute atomic E-state index is 12.2. The van der Waals surface area contributed by atoms with Crippen LogP contribution in [0.5, 0.6) is 0 Å². The molecule has 1 aromatic rings. The lowest BCUT2D eigenvalue weighted by Gasteiger charge is -2.16. The van der Waals surface area contributed by atoms with Crippen molar-refractivity contribution in [2.75, 3.05) is 13.1 Å². The third-order valence-electron chi connectivity index (χ3n) is 3.42. The van der Waals surface area contributed by atoms with Crippen molar-refractivity contribution in [1.82, 2.24) is 9.88 Å². The molecule has 18 heavy (non-hydrogen) atoms. The minimum absolute atomic E-state index is 0. The Morgan fingerprint density at radius 2 is 2.39 bits per heavy atom. The number of hydrogen-bond acceptors (Lipinski definition) is 3. The van der Waals surface area contributed by atoms with Gasteiger partial charge in [-0.05, 0) is 24.5 Å². The number of halogens is 1. The van der Waals surface area contributed by atoms with Crippen LogP contribution in [0.25, 0.3) is 0 Å². The summed E-state index contributed by atoms with van der Waals surface area (Å²) in [6.07, 6.45) is 3.92. The minimum Gasteiger partial charge on any atom is -0.338 e. The monoisotopic (exact) mass is 269 g/mol. The van der Waals surface area contributed by atoms with Gasteiger partial charge in [-0.15, -0.1) is 12.4 Å². The van der Waals surface area contributed by atoms with Crippen molar-refractivity contribution in [3.63, 3.8) is 0 Å². The number of pyridine rings is 1. The van der Waals surface area contributed by atoms with E-state index in [2.05, 4.69) is 11.9 Å². The second-order valence-electron chi connectivity index (χ2n) is 4.55. The van der Waals surface area contributed by atoms with Crippen molar-refractivity contribution in [1.29, 1.82) is 0 Å². The summed E-state index contributed by atoms with van der Waals surface area (Å²) < 4.78 is 0. The van der Waals surface area contributed by atoms with Gasteiger partial charge < -0.3 is 10.6 Å². The van der Waals surface area contributed by atoms with Crippen LogP contribution in [0.3, 0.4) is 0 Å². The van der Waals surface area contributed by atoms with E-state index in [9.17, 15) is 4.79 Å². The highest BCUT2D eigenvalue weighted by Gasteiger charge is 2.25. The van der Waals surface area contributed by atoms with Crippen LogP contribution >= 0.6 is 12.4 Å². The standard InChI is InChI=1S/C13H19N3O.ClH/c1-2-10-4-6-16(9-10)13(17)11-3-5-15-12(7-11)8-14;/h3,5,7,10H,2,4,6,8-9,14H2,1H3;1H.